The van der Waals surface area contributed by atoms with E-state index in [1.807, 2.05) is 0 Å². The lowest BCUT2D eigenvalue weighted by Gasteiger charge is -2.10. The number of benzene rings is 2. The molecule has 0 aliphatic heterocycles. The maximum Gasteiger partial charge on any atom is 0.416 e. The van der Waals surface area contributed by atoms with E-state index in [0.29, 0.717) is 21.8 Å². The van der Waals surface area contributed by atoms with Crippen molar-refractivity contribution in [1.29, 1.82) is 0 Å². The van der Waals surface area contributed by atoms with E-state index in [4.69, 9.17) is 11.6 Å². The molecule has 0 heterocycles. The Balaban J connectivity index is 1.81. The predicted octanol–water partition coefficient (Wildman–Crippen LogP) is 4.35. The number of carbonyl (C=O) groups is 2. The number of rotatable bonds is 6. The van der Waals surface area contributed by atoms with Gasteiger partial charge in [0, 0.05) is 17.3 Å². The number of hydrogen-bond donors (Lipinski definition) is 2. The Bertz CT molecular complexity index is 838. The fraction of sp³-hybridized carbons (Fsp3) is 0.263. The third kappa shape index (κ3) is 6.29. The van der Waals surface area contributed by atoms with Crippen molar-refractivity contribution in [3.63, 3.8) is 0 Å². The van der Waals surface area contributed by atoms with E-state index in [1.165, 1.54) is 6.07 Å². The maximum atomic E-state index is 12.7. The molecule has 0 aromatic heterocycles. The van der Waals surface area contributed by atoms with Crippen LogP contribution in [0.15, 0.2) is 42.5 Å². The Morgan fingerprint density at radius 2 is 1.78 bits per heavy atom. The molecule has 0 fully saturated rings. The number of carbonyl (C=O) groups excluding carboxylic acids is 2. The topological polar surface area (TPSA) is 58.2 Å². The van der Waals surface area contributed by atoms with Crippen LogP contribution < -0.4 is 10.6 Å². The first-order valence-corrected chi connectivity index (χ1v) is 8.52. The zero-order valence-corrected chi connectivity index (χ0v) is 15.2. The van der Waals surface area contributed by atoms with Crippen LogP contribution in [0, 0.1) is 6.92 Å². The number of alkyl halides is 3. The van der Waals surface area contributed by atoms with Crippen LogP contribution in [0.1, 0.15) is 23.1 Å². The molecular formula is C19H18ClF3N2O2. The van der Waals surface area contributed by atoms with Gasteiger partial charge >= 0.3 is 6.18 Å². The molecule has 2 aromatic rings. The zero-order chi connectivity index (χ0) is 20.0. The molecule has 0 saturated carbocycles. The number of nitrogens with one attached hydrogen (secondary N) is 2. The van der Waals surface area contributed by atoms with Crippen LogP contribution in [0.25, 0.3) is 0 Å². The lowest BCUT2D eigenvalue weighted by Crippen LogP contribution is -2.29. The minimum atomic E-state index is -4.41. The highest BCUT2D eigenvalue weighted by molar-refractivity contribution is 6.31. The quantitative estimate of drug-likeness (QED) is 0.710. The highest BCUT2D eigenvalue weighted by Gasteiger charge is 2.30. The van der Waals surface area contributed by atoms with Gasteiger partial charge in [0.1, 0.15) is 6.42 Å². The van der Waals surface area contributed by atoms with E-state index in [9.17, 15) is 22.8 Å². The zero-order valence-electron chi connectivity index (χ0n) is 14.5. The summed E-state index contributed by atoms with van der Waals surface area (Å²) in [5, 5.41) is 5.63. The van der Waals surface area contributed by atoms with Crippen molar-refractivity contribution in [3.8, 4) is 0 Å². The average Bonchev–Trinajstić information content (AvgIpc) is 2.58. The summed E-state index contributed by atoms with van der Waals surface area (Å²) in [4.78, 5) is 23.8. The van der Waals surface area contributed by atoms with Gasteiger partial charge in [-0.15, -0.1) is 0 Å². The highest BCUT2D eigenvalue weighted by Crippen LogP contribution is 2.29. The van der Waals surface area contributed by atoms with E-state index in [-0.39, 0.29) is 13.0 Å². The van der Waals surface area contributed by atoms with Gasteiger partial charge in [0.15, 0.2) is 0 Å². The first-order valence-electron chi connectivity index (χ1n) is 8.14. The van der Waals surface area contributed by atoms with Crippen LogP contribution in [-0.2, 0) is 22.2 Å². The summed E-state index contributed by atoms with van der Waals surface area (Å²) in [6, 6.07) is 9.94. The number of hydrogen-bond acceptors (Lipinski definition) is 2. The van der Waals surface area contributed by atoms with E-state index < -0.39 is 30.0 Å². The van der Waals surface area contributed by atoms with Crippen molar-refractivity contribution in [3.05, 3.63) is 64.2 Å². The van der Waals surface area contributed by atoms with Crippen molar-refractivity contribution >= 4 is 29.1 Å². The minimum absolute atomic E-state index is 0.129. The molecule has 27 heavy (non-hydrogen) atoms. The molecule has 0 spiro atoms. The van der Waals surface area contributed by atoms with Crippen LogP contribution in [-0.4, -0.2) is 18.4 Å². The van der Waals surface area contributed by atoms with Crippen LogP contribution in [0.5, 0.6) is 0 Å². The normalized spacial score (nSPS) is 11.1. The molecule has 4 nitrogen and oxygen atoms in total. The van der Waals surface area contributed by atoms with Crippen molar-refractivity contribution in [2.45, 2.75) is 25.9 Å². The number of halogens is 4. The molecule has 0 saturated heterocycles. The molecule has 144 valence electrons. The maximum absolute atomic E-state index is 12.7. The lowest BCUT2D eigenvalue weighted by molar-refractivity contribution is -0.137. The molecule has 2 aromatic carbocycles. The van der Waals surface area contributed by atoms with Gasteiger partial charge in [-0.3, -0.25) is 9.59 Å². The summed E-state index contributed by atoms with van der Waals surface area (Å²) in [6.45, 7) is 1.87. The first-order chi connectivity index (χ1) is 12.7. The highest BCUT2D eigenvalue weighted by atomic mass is 35.5. The smallest absolute Gasteiger partial charge is 0.355 e. The van der Waals surface area contributed by atoms with Gasteiger partial charge in [-0.05, 0) is 42.7 Å². The largest absolute Gasteiger partial charge is 0.416 e. The fourth-order valence-corrected chi connectivity index (χ4v) is 2.57. The van der Waals surface area contributed by atoms with Crippen LogP contribution in [0.2, 0.25) is 5.02 Å². The molecule has 0 bridgehead atoms. The Labute approximate surface area is 159 Å². The third-order valence-corrected chi connectivity index (χ3v) is 4.26. The summed E-state index contributed by atoms with van der Waals surface area (Å²) in [5.41, 5.74) is 0.925. The second-order valence-corrected chi connectivity index (χ2v) is 6.34. The molecule has 2 N–H and O–H groups in total. The van der Waals surface area contributed by atoms with E-state index in [2.05, 4.69) is 10.6 Å². The standard InChI is InChI=1S/C19H18ClF3N2O2/c1-12-15(20)6-3-7-16(12)25-18(27)11-17(26)24-9-8-13-4-2-5-14(10-13)19(21,22)23/h2-7,10H,8-9,11H2,1H3,(H,24,26)(H,25,27). The van der Waals surface area contributed by atoms with Gasteiger partial charge in [-0.1, -0.05) is 35.9 Å². The Kier molecular flexibility index (Phi) is 6.85. The second kappa shape index (κ2) is 8.90. The minimum Gasteiger partial charge on any atom is -0.355 e. The van der Waals surface area contributed by atoms with Gasteiger partial charge < -0.3 is 10.6 Å². The van der Waals surface area contributed by atoms with E-state index in [0.717, 1.165) is 12.1 Å². The van der Waals surface area contributed by atoms with Crippen molar-refractivity contribution in [1.82, 2.24) is 5.32 Å². The molecule has 2 amide bonds. The summed E-state index contributed by atoms with van der Waals surface area (Å²) in [6.07, 6.45) is -4.57. The fourth-order valence-electron chi connectivity index (χ4n) is 2.40. The molecule has 2 rings (SSSR count). The summed E-state index contributed by atoms with van der Waals surface area (Å²) < 4.78 is 38.0. The SMILES string of the molecule is Cc1c(Cl)cccc1NC(=O)CC(=O)NCCc1cccc(C(F)(F)F)c1. The summed E-state index contributed by atoms with van der Waals surface area (Å²) in [7, 11) is 0. The molecular weight excluding hydrogens is 381 g/mol. The van der Waals surface area contributed by atoms with E-state index >= 15 is 0 Å². The third-order valence-electron chi connectivity index (χ3n) is 3.85. The van der Waals surface area contributed by atoms with Gasteiger partial charge in [0.2, 0.25) is 11.8 Å². The Morgan fingerprint density at radius 3 is 2.48 bits per heavy atom. The van der Waals surface area contributed by atoms with Crippen LogP contribution in [0.4, 0.5) is 18.9 Å². The molecule has 0 aliphatic rings. The average molecular weight is 399 g/mol. The van der Waals surface area contributed by atoms with Gasteiger partial charge in [-0.2, -0.15) is 13.2 Å². The molecule has 0 radical (unpaired) electrons. The molecule has 8 heteroatoms. The van der Waals surface area contributed by atoms with Gasteiger partial charge in [0.05, 0.1) is 5.56 Å². The predicted molar refractivity (Wildman–Crippen MR) is 97.6 cm³/mol. The van der Waals surface area contributed by atoms with Gasteiger partial charge in [-0.25, -0.2) is 0 Å². The summed E-state index contributed by atoms with van der Waals surface area (Å²) in [5.74, 6) is -1.02. The van der Waals surface area contributed by atoms with Crippen LogP contribution in [0.3, 0.4) is 0 Å². The van der Waals surface area contributed by atoms with E-state index in [1.54, 1.807) is 31.2 Å². The second-order valence-electron chi connectivity index (χ2n) is 5.94. The number of amides is 2. The lowest BCUT2D eigenvalue weighted by atomic mass is 10.1. The Hall–Kier alpha value is -2.54. The summed E-state index contributed by atoms with van der Waals surface area (Å²) >= 11 is 5.97. The van der Waals surface area contributed by atoms with Gasteiger partial charge in [0.25, 0.3) is 0 Å². The van der Waals surface area contributed by atoms with Crippen LogP contribution >= 0.6 is 11.6 Å². The molecule has 0 unspecified atom stereocenters. The molecule has 0 aliphatic carbocycles. The first kappa shape index (κ1) is 20.8. The molecule has 0 atom stereocenters. The van der Waals surface area contributed by atoms with Crippen molar-refractivity contribution < 1.29 is 22.8 Å². The van der Waals surface area contributed by atoms with Crippen molar-refractivity contribution in [2.75, 3.05) is 11.9 Å². The number of anilines is 1. The Morgan fingerprint density at radius 1 is 1.07 bits per heavy atom. The van der Waals surface area contributed by atoms with Crippen molar-refractivity contribution in [2.24, 2.45) is 0 Å². The monoisotopic (exact) mass is 398 g/mol.